The molecule has 1 fully saturated rings. The van der Waals surface area contributed by atoms with E-state index in [4.69, 9.17) is 5.11 Å². The lowest BCUT2D eigenvalue weighted by atomic mass is 9.93. The average molecular weight is 256 g/mol. The summed E-state index contributed by atoms with van der Waals surface area (Å²) in [5, 5.41) is 8.90. The number of likely N-dealkylation sites (N-methyl/N-ethyl adjacent to an activating group) is 1. The summed E-state index contributed by atoms with van der Waals surface area (Å²) in [6.45, 7) is 7.58. The highest BCUT2D eigenvalue weighted by molar-refractivity contribution is 5.87. The van der Waals surface area contributed by atoms with Crippen molar-refractivity contribution in [2.75, 3.05) is 20.1 Å². The van der Waals surface area contributed by atoms with Crippen LogP contribution in [0, 0.1) is 0 Å². The van der Waals surface area contributed by atoms with Gasteiger partial charge in [-0.1, -0.05) is 13.3 Å². The van der Waals surface area contributed by atoms with Gasteiger partial charge in [-0.3, -0.25) is 14.5 Å². The Morgan fingerprint density at radius 2 is 2.11 bits per heavy atom. The van der Waals surface area contributed by atoms with Crippen LogP contribution in [0.4, 0.5) is 0 Å². The number of carboxylic acid groups (broad SMARTS) is 1. The van der Waals surface area contributed by atoms with E-state index < -0.39 is 12.0 Å². The van der Waals surface area contributed by atoms with Gasteiger partial charge in [0.1, 0.15) is 0 Å². The van der Waals surface area contributed by atoms with Gasteiger partial charge in [-0.05, 0) is 27.3 Å². The molecule has 1 aliphatic heterocycles. The highest BCUT2D eigenvalue weighted by atomic mass is 16.4. The second kappa shape index (κ2) is 5.69. The molecule has 5 nitrogen and oxygen atoms in total. The summed E-state index contributed by atoms with van der Waals surface area (Å²) in [5.41, 5.74) is -0.226. The molecule has 1 aliphatic rings. The standard InChI is InChI=1S/C13H24N2O3/c1-5-6-7-15-12(18)10(8-11(16)17)14(4)9-13(15,2)3/h10H,5-9H2,1-4H3,(H,16,17). The number of piperazine rings is 1. The Kier molecular flexibility index (Phi) is 4.73. The highest BCUT2D eigenvalue weighted by Crippen LogP contribution is 2.26. The minimum atomic E-state index is -0.921. The predicted octanol–water partition coefficient (Wildman–Crippen LogP) is 1.18. The molecule has 0 aliphatic carbocycles. The summed E-state index contributed by atoms with van der Waals surface area (Å²) in [6, 6.07) is -0.521. The zero-order valence-electron chi connectivity index (χ0n) is 11.8. The van der Waals surface area contributed by atoms with Gasteiger partial charge in [0.15, 0.2) is 0 Å². The van der Waals surface area contributed by atoms with E-state index in [0.29, 0.717) is 13.1 Å². The number of unbranched alkanes of at least 4 members (excludes halogenated alkanes) is 1. The third-order valence-corrected chi connectivity index (χ3v) is 3.55. The first-order chi connectivity index (χ1) is 8.29. The zero-order valence-corrected chi connectivity index (χ0v) is 11.8. The quantitative estimate of drug-likeness (QED) is 0.802. The lowest BCUT2D eigenvalue weighted by molar-refractivity contribution is -0.155. The van der Waals surface area contributed by atoms with Crippen molar-refractivity contribution in [2.24, 2.45) is 0 Å². The van der Waals surface area contributed by atoms with Crippen molar-refractivity contribution in [3.05, 3.63) is 0 Å². The van der Waals surface area contributed by atoms with Gasteiger partial charge in [0, 0.05) is 18.6 Å². The third kappa shape index (κ3) is 3.22. The number of hydrogen-bond acceptors (Lipinski definition) is 3. The van der Waals surface area contributed by atoms with Crippen molar-refractivity contribution >= 4 is 11.9 Å². The van der Waals surface area contributed by atoms with Crippen LogP contribution >= 0.6 is 0 Å². The van der Waals surface area contributed by atoms with Crippen molar-refractivity contribution in [3.8, 4) is 0 Å². The van der Waals surface area contributed by atoms with Crippen molar-refractivity contribution in [3.63, 3.8) is 0 Å². The van der Waals surface area contributed by atoms with Gasteiger partial charge in [-0.25, -0.2) is 0 Å². The van der Waals surface area contributed by atoms with Gasteiger partial charge in [-0.2, -0.15) is 0 Å². The minimum Gasteiger partial charge on any atom is -0.481 e. The van der Waals surface area contributed by atoms with Crippen LogP contribution in [0.2, 0.25) is 0 Å². The van der Waals surface area contributed by atoms with Gasteiger partial charge < -0.3 is 10.0 Å². The predicted molar refractivity (Wildman–Crippen MR) is 69.4 cm³/mol. The van der Waals surface area contributed by atoms with Crippen LogP contribution in [-0.2, 0) is 9.59 Å². The Bertz CT molecular complexity index is 328. The van der Waals surface area contributed by atoms with Crippen LogP contribution < -0.4 is 0 Å². The molecule has 0 saturated carbocycles. The van der Waals surface area contributed by atoms with E-state index in [2.05, 4.69) is 6.92 Å². The summed E-state index contributed by atoms with van der Waals surface area (Å²) in [5.74, 6) is -0.972. The zero-order chi connectivity index (χ0) is 13.9. The molecular formula is C13H24N2O3. The molecule has 1 saturated heterocycles. The Morgan fingerprint density at radius 3 is 2.61 bits per heavy atom. The van der Waals surface area contributed by atoms with Crippen LogP contribution in [0.1, 0.15) is 40.0 Å². The minimum absolute atomic E-state index is 0.0513. The lowest BCUT2D eigenvalue weighted by Gasteiger charge is -2.49. The van der Waals surface area contributed by atoms with Gasteiger partial charge in [0.05, 0.1) is 12.5 Å². The maximum atomic E-state index is 12.4. The first kappa shape index (κ1) is 15.0. The Balaban J connectivity index is 2.86. The summed E-state index contributed by atoms with van der Waals surface area (Å²) in [6.07, 6.45) is 1.87. The molecular weight excluding hydrogens is 232 g/mol. The Labute approximate surface area is 109 Å². The number of carboxylic acids is 1. The van der Waals surface area contributed by atoms with Crippen molar-refractivity contribution in [1.82, 2.24) is 9.80 Å². The van der Waals surface area contributed by atoms with Crippen LogP contribution in [0.15, 0.2) is 0 Å². The molecule has 1 N–H and O–H groups in total. The highest BCUT2D eigenvalue weighted by Gasteiger charge is 2.43. The van der Waals surface area contributed by atoms with E-state index in [9.17, 15) is 9.59 Å². The largest absolute Gasteiger partial charge is 0.481 e. The van der Waals surface area contributed by atoms with E-state index in [1.165, 1.54) is 0 Å². The van der Waals surface area contributed by atoms with Gasteiger partial charge in [-0.15, -0.1) is 0 Å². The monoisotopic (exact) mass is 256 g/mol. The van der Waals surface area contributed by atoms with Crippen LogP contribution in [0.25, 0.3) is 0 Å². The lowest BCUT2D eigenvalue weighted by Crippen LogP contribution is -2.65. The summed E-state index contributed by atoms with van der Waals surface area (Å²) >= 11 is 0. The van der Waals surface area contributed by atoms with Crippen LogP contribution in [0.5, 0.6) is 0 Å². The number of carbonyl (C=O) groups excluding carboxylic acids is 1. The van der Waals surface area contributed by atoms with Crippen molar-refractivity contribution in [2.45, 2.75) is 51.6 Å². The topological polar surface area (TPSA) is 60.9 Å². The Hall–Kier alpha value is -1.10. The number of nitrogens with zero attached hydrogens (tertiary/aromatic N) is 2. The first-order valence-electron chi connectivity index (χ1n) is 6.53. The SMILES string of the molecule is CCCCN1C(=O)C(CC(=O)O)N(C)CC1(C)C. The van der Waals surface area contributed by atoms with Crippen LogP contribution in [0.3, 0.4) is 0 Å². The number of amides is 1. The van der Waals surface area contributed by atoms with E-state index in [-0.39, 0.29) is 17.9 Å². The molecule has 1 unspecified atom stereocenters. The molecule has 104 valence electrons. The summed E-state index contributed by atoms with van der Waals surface area (Å²) < 4.78 is 0. The molecule has 0 aromatic rings. The molecule has 0 spiro atoms. The van der Waals surface area contributed by atoms with E-state index in [1.54, 1.807) is 0 Å². The molecule has 1 heterocycles. The normalized spacial score (nSPS) is 24.3. The maximum Gasteiger partial charge on any atom is 0.305 e. The van der Waals surface area contributed by atoms with E-state index in [1.807, 2.05) is 30.7 Å². The smallest absolute Gasteiger partial charge is 0.305 e. The maximum absolute atomic E-state index is 12.4. The molecule has 0 aromatic heterocycles. The van der Waals surface area contributed by atoms with E-state index in [0.717, 1.165) is 12.8 Å². The number of hydrogen-bond donors (Lipinski definition) is 1. The molecule has 1 atom stereocenters. The van der Waals surface area contributed by atoms with E-state index >= 15 is 0 Å². The summed E-state index contributed by atoms with van der Waals surface area (Å²) in [4.78, 5) is 27.0. The van der Waals surface area contributed by atoms with Gasteiger partial charge >= 0.3 is 5.97 Å². The van der Waals surface area contributed by atoms with Crippen LogP contribution in [-0.4, -0.2) is 58.5 Å². The molecule has 5 heteroatoms. The van der Waals surface area contributed by atoms with Gasteiger partial charge in [0.2, 0.25) is 5.91 Å². The molecule has 0 radical (unpaired) electrons. The molecule has 1 amide bonds. The number of aliphatic carboxylic acids is 1. The Morgan fingerprint density at radius 1 is 1.50 bits per heavy atom. The molecule has 0 aromatic carbocycles. The molecule has 1 rings (SSSR count). The fraction of sp³-hybridized carbons (Fsp3) is 0.846. The second-order valence-corrected chi connectivity index (χ2v) is 5.68. The third-order valence-electron chi connectivity index (χ3n) is 3.55. The summed E-state index contributed by atoms with van der Waals surface area (Å²) in [7, 11) is 1.82. The second-order valence-electron chi connectivity index (χ2n) is 5.68. The van der Waals surface area contributed by atoms with Gasteiger partial charge in [0.25, 0.3) is 0 Å². The fourth-order valence-electron chi connectivity index (χ4n) is 2.61. The van der Waals surface area contributed by atoms with Crippen molar-refractivity contribution < 1.29 is 14.7 Å². The molecule has 18 heavy (non-hydrogen) atoms. The first-order valence-corrected chi connectivity index (χ1v) is 6.53. The number of carbonyl (C=O) groups is 2. The average Bonchev–Trinajstić information content (AvgIpc) is 2.23. The molecule has 0 bridgehead atoms. The number of rotatable bonds is 5. The van der Waals surface area contributed by atoms with Crippen molar-refractivity contribution in [1.29, 1.82) is 0 Å². The fourth-order valence-corrected chi connectivity index (χ4v) is 2.61.